The smallest absolute Gasteiger partial charge is 0.365 e. The Bertz CT molecular complexity index is 566. The molecule has 1 unspecified atom stereocenters. The molecule has 2 rings (SSSR count). The molecule has 1 heterocycles. The number of rotatable bonds is 5. The summed E-state index contributed by atoms with van der Waals surface area (Å²) in [7, 11) is -1.07. The van der Waals surface area contributed by atoms with E-state index < -0.39 is 16.8 Å². The number of aromatic carboxylic acids is 1. The lowest BCUT2D eigenvalue weighted by Crippen LogP contribution is -2.01. The molecule has 0 radical (unpaired) electrons. The average molecular weight is 281 g/mol. The Morgan fingerprint density at radius 2 is 2.00 bits per heavy atom. The van der Waals surface area contributed by atoms with Crippen LogP contribution in [0, 0.1) is 0 Å². The molecule has 18 heavy (non-hydrogen) atoms. The number of hydrogen-bond donors (Lipinski definition) is 1. The molecule has 1 aromatic carbocycles. The SMILES string of the molecule is O=C(O)c1nc(CS(=O)Cc2ccccc2)cs1. The van der Waals surface area contributed by atoms with Gasteiger partial charge in [-0.3, -0.25) is 4.21 Å². The minimum atomic E-state index is -1.07. The summed E-state index contributed by atoms with van der Waals surface area (Å²) in [5.74, 6) is -0.292. The summed E-state index contributed by atoms with van der Waals surface area (Å²) in [6.45, 7) is 0. The van der Waals surface area contributed by atoms with E-state index in [0.717, 1.165) is 16.9 Å². The quantitative estimate of drug-likeness (QED) is 0.913. The van der Waals surface area contributed by atoms with Crippen LogP contribution in [-0.2, 0) is 22.3 Å². The second kappa shape index (κ2) is 5.88. The minimum Gasteiger partial charge on any atom is -0.476 e. The summed E-state index contributed by atoms with van der Waals surface area (Å²) in [5.41, 5.74) is 1.58. The molecule has 0 aliphatic rings. The Kier molecular flexibility index (Phi) is 4.22. The first-order valence-electron chi connectivity index (χ1n) is 5.22. The number of thiazole rings is 1. The topological polar surface area (TPSA) is 67.3 Å². The number of carboxylic acids is 1. The summed E-state index contributed by atoms with van der Waals surface area (Å²) >= 11 is 1.06. The first-order chi connectivity index (χ1) is 8.65. The lowest BCUT2D eigenvalue weighted by molar-refractivity contribution is 0.0696. The number of hydrogen-bond acceptors (Lipinski definition) is 4. The zero-order chi connectivity index (χ0) is 13.0. The van der Waals surface area contributed by atoms with E-state index in [1.54, 1.807) is 5.38 Å². The molecule has 0 saturated carbocycles. The Balaban J connectivity index is 1.97. The van der Waals surface area contributed by atoms with Gasteiger partial charge in [0.15, 0.2) is 0 Å². The van der Waals surface area contributed by atoms with E-state index in [1.165, 1.54) is 0 Å². The van der Waals surface area contributed by atoms with E-state index in [9.17, 15) is 9.00 Å². The molecule has 1 N–H and O–H groups in total. The first kappa shape index (κ1) is 12.9. The molecule has 1 aromatic heterocycles. The number of benzene rings is 1. The van der Waals surface area contributed by atoms with Crippen LogP contribution in [0.25, 0.3) is 0 Å². The van der Waals surface area contributed by atoms with Gasteiger partial charge in [-0.2, -0.15) is 0 Å². The third-order valence-corrected chi connectivity index (χ3v) is 4.37. The molecule has 0 aliphatic carbocycles. The van der Waals surface area contributed by atoms with Crippen molar-refractivity contribution >= 4 is 28.1 Å². The van der Waals surface area contributed by atoms with Crippen LogP contribution in [0.5, 0.6) is 0 Å². The van der Waals surface area contributed by atoms with Crippen molar-refractivity contribution in [1.82, 2.24) is 4.98 Å². The maximum absolute atomic E-state index is 11.9. The van der Waals surface area contributed by atoms with Gasteiger partial charge in [0.2, 0.25) is 5.01 Å². The molecule has 1 atom stereocenters. The second-order valence-electron chi connectivity index (χ2n) is 3.66. The summed E-state index contributed by atoms with van der Waals surface area (Å²) in [4.78, 5) is 14.6. The number of nitrogens with zero attached hydrogens (tertiary/aromatic N) is 1. The second-order valence-corrected chi connectivity index (χ2v) is 5.98. The van der Waals surface area contributed by atoms with Crippen molar-refractivity contribution in [3.8, 4) is 0 Å². The van der Waals surface area contributed by atoms with Gasteiger partial charge >= 0.3 is 5.97 Å². The third kappa shape index (κ3) is 3.48. The van der Waals surface area contributed by atoms with E-state index in [-0.39, 0.29) is 5.01 Å². The predicted octanol–water partition coefficient (Wildman–Crippen LogP) is 2.29. The van der Waals surface area contributed by atoms with Crippen LogP contribution < -0.4 is 0 Å². The predicted molar refractivity (Wildman–Crippen MR) is 71.1 cm³/mol. The van der Waals surface area contributed by atoms with E-state index in [1.807, 2.05) is 30.3 Å². The molecular weight excluding hydrogens is 270 g/mol. The number of carbonyl (C=O) groups is 1. The van der Waals surface area contributed by atoms with Crippen molar-refractivity contribution in [3.05, 3.63) is 52.0 Å². The van der Waals surface area contributed by atoms with E-state index in [4.69, 9.17) is 5.11 Å². The van der Waals surface area contributed by atoms with Gasteiger partial charge in [0, 0.05) is 21.9 Å². The molecule has 0 aliphatic heterocycles. The molecule has 6 heteroatoms. The van der Waals surface area contributed by atoms with Crippen LogP contribution in [0.2, 0.25) is 0 Å². The van der Waals surface area contributed by atoms with Gasteiger partial charge in [0.05, 0.1) is 11.4 Å². The van der Waals surface area contributed by atoms with Crippen molar-refractivity contribution in [3.63, 3.8) is 0 Å². The van der Waals surface area contributed by atoms with Crippen molar-refractivity contribution < 1.29 is 14.1 Å². The van der Waals surface area contributed by atoms with Crippen LogP contribution in [0.15, 0.2) is 35.7 Å². The zero-order valence-electron chi connectivity index (χ0n) is 9.41. The maximum Gasteiger partial charge on any atom is 0.365 e. The first-order valence-corrected chi connectivity index (χ1v) is 7.58. The highest BCUT2D eigenvalue weighted by Crippen LogP contribution is 2.13. The standard InChI is InChI=1S/C12H11NO3S2/c14-12(15)11-13-10(6-17-11)8-18(16)7-9-4-2-1-3-5-9/h1-6H,7-8H2,(H,14,15). The summed E-state index contributed by atoms with van der Waals surface area (Å²) < 4.78 is 11.9. The average Bonchev–Trinajstić information content (AvgIpc) is 2.78. The van der Waals surface area contributed by atoms with Crippen molar-refractivity contribution in [2.45, 2.75) is 11.5 Å². The van der Waals surface area contributed by atoms with Crippen LogP contribution in [0.3, 0.4) is 0 Å². The Labute approximate surface area is 111 Å². The number of carboxylic acid groups (broad SMARTS) is 1. The van der Waals surface area contributed by atoms with Gasteiger partial charge < -0.3 is 5.11 Å². The molecule has 2 aromatic rings. The molecule has 0 amide bonds. The molecule has 0 saturated heterocycles. The highest BCUT2D eigenvalue weighted by atomic mass is 32.2. The molecule has 0 bridgehead atoms. The van der Waals surface area contributed by atoms with E-state index in [0.29, 0.717) is 17.2 Å². The fourth-order valence-electron chi connectivity index (χ4n) is 1.45. The molecular formula is C12H11NO3S2. The van der Waals surface area contributed by atoms with Gasteiger partial charge in [-0.05, 0) is 5.56 Å². The highest BCUT2D eigenvalue weighted by molar-refractivity contribution is 7.83. The Hall–Kier alpha value is -1.53. The largest absolute Gasteiger partial charge is 0.476 e. The Morgan fingerprint density at radius 3 is 2.61 bits per heavy atom. The van der Waals surface area contributed by atoms with Crippen LogP contribution >= 0.6 is 11.3 Å². The highest BCUT2D eigenvalue weighted by Gasteiger charge is 2.11. The molecule has 0 spiro atoms. The van der Waals surface area contributed by atoms with Gasteiger partial charge in [-0.15, -0.1) is 11.3 Å². The normalized spacial score (nSPS) is 12.2. The van der Waals surface area contributed by atoms with Gasteiger partial charge in [0.1, 0.15) is 0 Å². The summed E-state index contributed by atoms with van der Waals surface area (Å²) in [6, 6.07) is 9.55. The third-order valence-electron chi connectivity index (χ3n) is 2.21. The zero-order valence-corrected chi connectivity index (χ0v) is 11.0. The minimum absolute atomic E-state index is 0.0433. The van der Waals surface area contributed by atoms with Gasteiger partial charge in [-0.1, -0.05) is 30.3 Å². The fourth-order valence-corrected chi connectivity index (χ4v) is 3.35. The van der Waals surface area contributed by atoms with Crippen molar-refractivity contribution in [2.75, 3.05) is 0 Å². The molecule has 94 valence electrons. The lowest BCUT2D eigenvalue weighted by atomic mass is 10.2. The Morgan fingerprint density at radius 1 is 1.28 bits per heavy atom. The molecule has 0 fully saturated rings. The summed E-state index contributed by atoms with van der Waals surface area (Å²) in [5, 5.41) is 10.4. The fraction of sp³-hybridized carbons (Fsp3) is 0.167. The van der Waals surface area contributed by atoms with Gasteiger partial charge in [-0.25, -0.2) is 9.78 Å². The van der Waals surface area contributed by atoms with Gasteiger partial charge in [0.25, 0.3) is 0 Å². The maximum atomic E-state index is 11.9. The van der Waals surface area contributed by atoms with Crippen LogP contribution in [-0.4, -0.2) is 20.3 Å². The monoisotopic (exact) mass is 281 g/mol. The summed E-state index contributed by atoms with van der Waals surface area (Å²) in [6.07, 6.45) is 0. The molecule has 4 nitrogen and oxygen atoms in total. The van der Waals surface area contributed by atoms with Crippen molar-refractivity contribution in [2.24, 2.45) is 0 Å². The van der Waals surface area contributed by atoms with Crippen molar-refractivity contribution in [1.29, 1.82) is 0 Å². The number of aromatic nitrogens is 1. The van der Waals surface area contributed by atoms with E-state index >= 15 is 0 Å². The van der Waals surface area contributed by atoms with E-state index in [2.05, 4.69) is 4.98 Å². The lowest BCUT2D eigenvalue weighted by Gasteiger charge is -2.00. The van der Waals surface area contributed by atoms with Crippen LogP contribution in [0.1, 0.15) is 21.1 Å². The van der Waals surface area contributed by atoms with Crippen LogP contribution in [0.4, 0.5) is 0 Å².